The summed E-state index contributed by atoms with van der Waals surface area (Å²) in [5, 5.41) is 10.1. The molecule has 2 aromatic rings. The highest BCUT2D eigenvalue weighted by atomic mass is 35.5. The Bertz CT molecular complexity index is 601. The van der Waals surface area contributed by atoms with Gasteiger partial charge in [-0.3, -0.25) is 0 Å². The van der Waals surface area contributed by atoms with Gasteiger partial charge < -0.3 is 0 Å². The summed E-state index contributed by atoms with van der Waals surface area (Å²) in [7, 11) is 0. The number of benzene rings is 1. The van der Waals surface area contributed by atoms with E-state index in [2.05, 4.69) is 0 Å². The smallest absolute Gasteiger partial charge is 0.166 e. The minimum absolute atomic E-state index is 0.0649. The van der Waals surface area contributed by atoms with E-state index in [1.165, 1.54) is 23.5 Å². The third-order valence-electron chi connectivity index (χ3n) is 2.31. The lowest BCUT2D eigenvalue weighted by Crippen LogP contribution is -1.95. The van der Waals surface area contributed by atoms with Crippen LogP contribution in [0.25, 0.3) is 11.1 Å². The van der Waals surface area contributed by atoms with E-state index in [0.29, 0.717) is 9.90 Å². The molecule has 2 rings (SSSR count). The molecule has 0 fully saturated rings. The van der Waals surface area contributed by atoms with Crippen LogP contribution in [-0.4, -0.2) is 0 Å². The fourth-order valence-electron chi connectivity index (χ4n) is 1.49. The van der Waals surface area contributed by atoms with Crippen LogP contribution >= 0.6 is 22.9 Å². The summed E-state index contributed by atoms with van der Waals surface area (Å²) < 4.78 is 27.9. The number of thiophene rings is 1. The van der Waals surface area contributed by atoms with Gasteiger partial charge in [0, 0.05) is 16.5 Å². The maximum atomic E-state index is 13.8. The molecule has 0 aliphatic rings. The van der Waals surface area contributed by atoms with Crippen LogP contribution in [0.2, 0.25) is 4.34 Å². The molecule has 0 bridgehead atoms. The topological polar surface area (TPSA) is 23.8 Å². The molecule has 0 atom stereocenters. The summed E-state index contributed by atoms with van der Waals surface area (Å²) in [6.45, 7) is 0. The Hall–Kier alpha value is -1.44. The van der Waals surface area contributed by atoms with Crippen LogP contribution < -0.4 is 0 Å². The van der Waals surface area contributed by atoms with Gasteiger partial charge in [-0.2, -0.15) is 5.26 Å². The largest absolute Gasteiger partial charge is 0.203 e. The minimum Gasteiger partial charge on any atom is -0.203 e. The normalized spacial score (nSPS) is 10.2. The summed E-state index contributed by atoms with van der Waals surface area (Å²) in [6.07, 6.45) is -0.145. The van der Waals surface area contributed by atoms with Crippen molar-refractivity contribution >= 4 is 22.9 Å². The molecular formula is C12H6ClF2NS. The molecule has 0 amide bonds. The zero-order valence-electron chi connectivity index (χ0n) is 8.51. The first-order chi connectivity index (χ1) is 8.13. The Morgan fingerprint density at radius 2 is 2.06 bits per heavy atom. The first-order valence-electron chi connectivity index (χ1n) is 4.71. The molecule has 1 heterocycles. The first kappa shape index (κ1) is 12.0. The molecule has 1 nitrogen and oxygen atoms in total. The Labute approximate surface area is 106 Å². The van der Waals surface area contributed by atoms with Crippen molar-refractivity contribution in [1.29, 1.82) is 5.26 Å². The van der Waals surface area contributed by atoms with Gasteiger partial charge in [0.05, 0.1) is 16.8 Å². The minimum atomic E-state index is -0.966. The van der Waals surface area contributed by atoms with Crippen molar-refractivity contribution in [1.82, 2.24) is 0 Å². The second kappa shape index (κ2) is 4.82. The third-order valence-corrected chi connectivity index (χ3v) is 3.40. The van der Waals surface area contributed by atoms with Gasteiger partial charge in [-0.05, 0) is 11.6 Å². The molecular weight excluding hydrogens is 264 g/mol. The second-order valence-corrected chi connectivity index (χ2v) is 4.92. The SMILES string of the molecule is N#CCc1ccc(-c2csc(Cl)c2)c(F)c1F. The molecule has 1 aromatic heterocycles. The average molecular weight is 270 g/mol. The van der Waals surface area contributed by atoms with Crippen molar-refractivity contribution in [3.8, 4) is 17.2 Å². The van der Waals surface area contributed by atoms with Crippen LogP contribution in [0, 0.1) is 23.0 Å². The van der Waals surface area contributed by atoms with Gasteiger partial charge >= 0.3 is 0 Å². The number of hydrogen-bond acceptors (Lipinski definition) is 2. The second-order valence-electron chi connectivity index (χ2n) is 3.37. The molecule has 86 valence electrons. The molecule has 0 spiro atoms. The summed E-state index contributed by atoms with van der Waals surface area (Å²) in [6, 6.07) is 6.25. The van der Waals surface area contributed by atoms with E-state index in [1.54, 1.807) is 17.5 Å². The van der Waals surface area contributed by atoms with Crippen LogP contribution in [0.4, 0.5) is 8.78 Å². The molecule has 17 heavy (non-hydrogen) atoms. The van der Waals surface area contributed by atoms with E-state index in [1.807, 2.05) is 0 Å². The fraction of sp³-hybridized carbons (Fsp3) is 0.0833. The van der Waals surface area contributed by atoms with E-state index in [9.17, 15) is 8.78 Å². The van der Waals surface area contributed by atoms with Crippen molar-refractivity contribution in [2.24, 2.45) is 0 Å². The van der Waals surface area contributed by atoms with Crippen molar-refractivity contribution in [2.75, 3.05) is 0 Å². The standard InChI is InChI=1S/C12H6ClF2NS/c13-10-5-8(6-17-10)9-2-1-7(3-4-16)11(14)12(9)15/h1-2,5-6H,3H2. The Kier molecular flexibility index (Phi) is 3.41. The molecule has 0 saturated heterocycles. The number of hydrogen-bond donors (Lipinski definition) is 0. The number of nitriles is 1. The molecule has 0 N–H and O–H groups in total. The zero-order valence-corrected chi connectivity index (χ0v) is 10.1. The van der Waals surface area contributed by atoms with Gasteiger partial charge in [0.15, 0.2) is 11.6 Å². The highest BCUT2D eigenvalue weighted by molar-refractivity contribution is 7.14. The third kappa shape index (κ3) is 2.31. The molecule has 0 aliphatic carbocycles. The van der Waals surface area contributed by atoms with E-state index in [-0.39, 0.29) is 17.5 Å². The Balaban J connectivity index is 2.51. The fourth-order valence-corrected chi connectivity index (χ4v) is 2.37. The number of rotatable bonds is 2. The molecule has 0 unspecified atom stereocenters. The van der Waals surface area contributed by atoms with Crippen molar-refractivity contribution in [3.63, 3.8) is 0 Å². The van der Waals surface area contributed by atoms with Crippen LogP contribution in [0.5, 0.6) is 0 Å². The van der Waals surface area contributed by atoms with Crippen LogP contribution in [0.15, 0.2) is 23.6 Å². The van der Waals surface area contributed by atoms with Crippen LogP contribution in [0.3, 0.4) is 0 Å². The zero-order chi connectivity index (χ0) is 12.4. The summed E-state index contributed by atoms with van der Waals surface area (Å²) in [5.41, 5.74) is 0.766. The van der Waals surface area contributed by atoms with E-state index < -0.39 is 11.6 Å². The Morgan fingerprint density at radius 1 is 1.29 bits per heavy atom. The summed E-state index contributed by atoms with van der Waals surface area (Å²) in [5.74, 6) is -1.90. The Morgan fingerprint density at radius 3 is 2.65 bits per heavy atom. The summed E-state index contributed by atoms with van der Waals surface area (Å²) >= 11 is 6.99. The predicted octanol–water partition coefficient (Wildman–Crippen LogP) is 4.41. The number of nitrogens with zero attached hydrogens (tertiary/aromatic N) is 1. The van der Waals surface area contributed by atoms with Gasteiger partial charge in [-0.1, -0.05) is 23.7 Å². The maximum absolute atomic E-state index is 13.8. The van der Waals surface area contributed by atoms with Crippen LogP contribution in [0.1, 0.15) is 5.56 Å². The predicted molar refractivity (Wildman–Crippen MR) is 64.0 cm³/mol. The van der Waals surface area contributed by atoms with Gasteiger partial charge in [-0.25, -0.2) is 8.78 Å². The van der Waals surface area contributed by atoms with Gasteiger partial charge in [-0.15, -0.1) is 11.3 Å². The summed E-state index contributed by atoms with van der Waals surface area (Å²) in [4.78, 5) is 0. The first-order valence-corrected chi connectivity index (χ1v) is 5.97. The highest BCUT2D eigenvalue weighted by Crippen LogP contribution is 2.32. The van der Waals surface area contributed by atoms with E-state index >= 15 is 0 Å². The van der Waals surface area contributed by atoms with Crippen molar-refractivity contribution in [3.05, 3.63) is 45.1 Å². The number of halogens is 3. The molecule has 5 heteroatoms. The maximum Gasteiger partial charge on any atom is 0.166 e. The quantitative estimate of drug-likeness (QED) is 0.792. The highest BCUT2D eigenvalue weighted by Gasteiger charge is 2.15. The van der Waals surface area contributed by atoms with E-state index in [0.717, 1.165) is 0 Å². The molecule has 0 aliphatic heterocycles. The molecule has 1 aromatic carbocycles. The van der Waals surface area contributed by atoms with Crippen molar-refractivity contribution < 1.29 is 8.78 Å². The lowest BCUT2D eigenvalue weighted by atomic mass is 10.0. The van der Waals surface area contributed by atoms with Gasteiger partial charge in [0.25, 0.3) is 0 Å². The molecule has 0 radical (unpaired) electrons. The molecule has 0 saturated carbocycles. The van der Waals surface area contributed by atoms with Gasteiger partial charge in [0.2, 0.25) is 0 Å². The van der Waals surface area contributed by atoms with E-state index in [4.69, 9.17) is 16.9 Å². The lowest BCUT2D eigenvalue weighted by Gasteiger charge is -2.04. The van der Waals surface area contributed by atoms with Crippen LogP contribution in [-0.2, 0) is 6.42 Å². The van der Waals surface area contributed by atoms with Gasteiger partial charge in [0.1, 0.15) is 0 Å². The van der Waals surface area contributed by atoms with Crippen molar-refractivity contribution in [2.45, 2.75) is 6.42 Å². The monoisotopic (exact) mass is 269 g/mol. The average Bonchev–Trinajstić information content (AvgIpc) is 2.72. The lowest BCUT2D eigenvalue weighted by molar-refractivity contribution is 0.504.